The molecule has 1 aromatic rings. The topological polar surface area (TPSA) is 26.0 Å². The van der Waals surface area contributed by atoms with E-state index in [-0.39, 0.29) is 6.04 Å². The Morgan fingerprint density at radius 1 is 1.33 bits per heavy atom. The van der Waals surface area contributed by atoms with Gasteiger partial charge in [-0.15, -0.1) is 0 Å². The fraction of sp³-hybridized carbons (Fsp3) is 0.400. The van der Waals surface area contributed by atoms with E-state index in [0.29, 0.717) is 0 Å². The Bertz CT molecular complexity index is 281. The summed E-state index contributed by atoms with van der Waals surface area (Å²) < 4.78 is 1.14. The molecule has 64 valence electrons. The first kappa shape index (κ1) is 8.27. The molecule has 0 unspecified atom stereocenters. The molecule has 2 heteroatoms. The SMILES string of the molecule is N[C@@H](c1ccccc1Br)C1CC1. The summed E-state index contributed by atoms with van der Waals surface area (Å²) in [6.45, 7) is 0. The van der Waals surface area contributed by atoms with Crippen LogP contribution in [0.1, 0.15) is 24.4 Å². The molecule has 1 fully saturated rings. The molecule has 0 amide bonds. The zero-order chi connectivity index (χ0) is 8.55. The highest BCUT2D eigenvalue weighted by atomic mass is 79.9. The van der Waals surface area contributed by atoms with Gasteiger partial charge in [-0.3, -0.25) is 0 Å². The van der Waals surface area contributed by atoms with Crippen LogP contribution in [0.5, 0.6) is 0 Å². The third kappa shape index (κ3) is 1.54. The van der Waals surface area contributed by atoms with Gasteiger partial charge in [0.05, 0.1) is 0 Å². The van der Waals surface area contributed by atoms with Crippen LogP contribution in [-0.2, 0) is 0 Å². The van der Waals surface area contributed by atoms with Crippen molar-refractivity contribution in [3.8, 4) is 0 Å². The van der Waals surface area contributed by atoms with Gasteiger partial charge in [0.25, 0.3) is 0 Å². The first-order valence-corrected chi connectivity index (χ1v) is 5.08. The van der Waals surface area contributed by atoms with E-state index in [0.717, 1.165) is 10.4 Å². The van der Waals surface area contributed by atoms with Crippen molar-refractivity contribution >= 4 is 15.9 Å². The number of benzene rings is 1. The van der Waals surface area contributed by atoms with Crippen molar-refractivity contribution in [3.63, 3.8) is 0 Å². The second kappa shape index (κ2) is 3.19. The molecule has 0 radical (unpaired) electrons. The molecular formula is C10H12BrN. The van der Waals surface area contributed by atoms with Crippen LogP contribution in [0.4, 0.5) is 0 Å². The van der Waals surface area contributed by atoms with E-state index in [1.165, 1.54) is 18.4 Å². The third-order valence-electron chi connectivity index (χ3n) is 2.39. The number of rotatable bonds is 2. The smallest absolute Gasteiger partial charge is 0.0334 e. The summed E-state index contributed by atoms with van der Waals surface area (Å²) in [7, 11) is 0. The van der Waals surface area contributed by atoms with Crippen molar-refractivity contribution in [3.05, 3.63) is 34.3 Å². The third-order valence-corrected chi connectivity index (χ3v) is 3.12. The zero-order valence-corrected chi connectivity index (χ0v) is 8.42. The molecule has 0 saturated heterocycles. The highest BCUT2D eigenvalue weighted by Crippen LogP contribution is 2.41. The monoisotopic (exact) mass is 225 g/mol. The van der Waals surface area contributed by atoms with Crippen molar-refractivity contribution in [2.45, 2.75) is 18.9 Å². The number of hydrogen-bond acceptors (Lipinski definition) is 1. The molecule has 1 nitrogen and oxygen atoms in total. The summed E-state index contributed by atoms with van der Waals surface area (Å²) in [4.78, 5) is 0. The average Bonchev–Trinajstić information content (AvgIpc) is 2.86. The van der Waals surface area contributed by atoms with Crippen molar-refractivity contribution < 1.29 is 0 Å². The molecule has 0 bridgehead atoms. The maximum absolute atomic E-state index is 6.07. The van der Waals surface area contributed by atoms with Crippen molar-refractivity contribution in [1.82, 2.24) is 0 Å². The molecule has 1 aromatic carbocycles. The first-order chi connectivity index (χ1) is 5.79. The molecule has 12 heavy (non-hydrogen) atoms. The van der Waals surface area contributed by atoms with E-state index in [4.69, 9.17) is 5.73 Å². The summed E-state index contributed by atoms with van der Waals surface area (Å²) >= 11 is 3.51. The number of nitrogens with two attached hydrogens (primary N) is 1. The fourth-order valence-corrected chi connectivity index (χ4v) is 2.00. The summed E-state index contributed by atoms with van der Waals surface area (Å²) in [6, 6.07) is 8.46. The van der Waals surface area contributed by atoms with Crippen molar-refractivity contribution in [2.24, 2.45) is 11.7 Å². The minimum absolute atomic E-state index is 0.237. The molecule has 1 saturated carbocycles. The lowest BCUT2D eigenvalue weighted by Crippen LogP contribution is -2.12. The lowest BCUT2D eigenvalue weighted by Gasteiger charge is -2.11. The minimum atomic E-state index is 0.237. The maximum atomic E-state index is 6.07. The normalized spacial score (nSPS) is 19.2. The van der Waals surface area contributed by atoms with E-state index in [2.05, 4.69) is 28.1 Å². The van der Waals surface area contributed by atoms with Gasteiger partial charge in [-0.1, -0.05) is 34.1 Å². The summed E-state index contributed by atoms with van der Waals surface area (Å²) in [5.74, 6) is 0.726. The van der Waals surface area contributed by atoms with Crippen LogP contribution in [0.3, 0.4) is 0 Å². The quantitative estimate of drug-likeness (QED) is 0.824. The molecule has 0 aromatic heterocycles. The molecule has 2 N–H and O–H groups in total. The summed E-state index contributed by atoms with van der Waals surface area (Å²) in [5.41, 5.74) is 7.32. The Hall–Kier alpha value is -0.340. The van der Waals surface area contributed by atoms with Crippen LogP contribution in [-0.4, -0.2) is 0 Å². The van der Waals surface area contributed by atoms with Gasteiger partial charge < -0.3 is 5.73 Å². The standard InChI is InChI=1S/C10H12BrN/c11-9-4-2-1-3-8(9)10(12)7-5-6-7/h1-4,7,10H,5-6,12H2/t10-/m1/s1. The first-order valence-electron chi connectivity index (χ1n) is 4.29. The average molecular weight is 226 g/mol. The van der Waals surface area contributed by atoms with Crippen LogP contribution in [0.15, 0.2) is 28.7 Å². The van der Waals surface area contributed by atoms with Gasteiger partial charge >= 0.3 is 0 Å². The predicted molar refractivity (Wildman–Crippen MR) is 53.8 cm³/mol. The molecule has 1 aliphatic rings. The minimum Gasteiger partial charge on any atom is -0.324 e. The van der Waals surface area contributed by atoms with Crippen LogP contribution < -0.4 is 5.73 Å². The molecule has 1 aliphatic carbocycles. The Kier molecular flexibility index (Phi) is 2.20. The molecule has 2 rings (SSSR count). The van der Waals surface area contributed by atoms with Crippen molar-refractivity contribution in [2.75, 3.05) is 0 Å². The van der Waals surface area contributed by atoms with Crippen LogP contribution in [0, 0.1) is 5.92 Å². The van der Waals surface area contributed by atoms with Gasteiger partial charge in [0.15, 0.2) is 0 Å². The number of halogens is 1. The van der Waals surface area contributed by atoms with E-state index < -0.39 is 0 Å². The van der Waals surface area contributed by atoms with Crippen LogP contribution in [0.2, 0.25) is 0 Å². The highest BCUT2D eigenvalue weighted by Gasteiger charge is 2.30. The Balaban J connectivity index is 2.25. The molecule has 0 heterocycles. The van der Waals surface area contributed by atoms with Crippen LogP contribution in [0.25, 0.3) is 0 Å². The summed E-state index contributed by atoms with van der Waals surface area (Å²) in [6.07, 6.45) is 2.59. The largest absolute Gasteiger partial charge is 0.324 e. The van der Waals surface area contributed by atoms with Gasteiger partial charge in [0.1, 0.15) is 0 Å². The van der Waals surface area contributed by atoms with Gasteiger partial charge in [0.2, 0.25) is 0 Å². The highest BCUT2D eigenvalue weighted by molar-refractivity contribution is 9.10. The lowest BCUT2D eigenvalue weighted by molar-refractivity contribution is 0.631. The Morgan fingerprint density at radius 3 is 2.58 bits per heavy atom. The van der Waals surface area contributed by atoms with E-state index in [9.17, 15) is 0 Å². The summed E-state index contributed by atoms with van der Waals surface area (Å²) in [5, 5.41) is 0. The van der Waals surface area contributed by atoms with Gasteiger partial charge in [0, 0.05) is 10.5 Å². The maximum Gasteiger partial charge on any atom is 0.0334 e. The fourth-order valence-electron chi connectivity index (χ4n) is 1.45. The van der Waals surface area contributed by atoms with Gasteiger partial charge in [-0.25, -0.2) is 0 Å². The van der Waals surface area contributed by atoms with Crippen molar-refractivity contribution in [1.29, 1.82) is 0 Å². The lowest BCUT2D eigenvalue weighted by atomic mass is 10.0. The van der Waals surface area contributed by atoms with Gasteiger partial charge in [-0.2, -0.15) is 0 Å². The number of hydrogen-bond donors (Lipinski definition) is 1. The second-order valence-corrected chi connectivity index (χ2v) is 4.24. The molecular weight excluding hydrogens is 214 g/mol. The predicted octanol–water partition coefficient (Wildman–Crippen LogP) is 2.86. The van der Waals surface area contributed by atoms with Crippen LogP contribution >= 0.6 is 15.9 Å². The van der Waals surface area contributed by atoms with E-state index >= 15 is 0 Å². The molecule has 0 aliphatic heterocycles. The molecule has 0 spiro atoms. The second-order valence-electron chi connectivity index (χ2n) is 3.38. The van der Waals surface area contributed by atoms with E-state index in [1.807, 2.05) is 12.1 Å². The zero-order valence-electron chi connectivity index (χ0n) is 6.83. The Morgan fingerprint density at radius 2 is 2.00 bits per heavy atom. The van der Waals surface area contributed by atoms with E-state index in [1.54, 1.807) is 0 Å². The van der Waals surface area contributed by atoms with Gasteiger partial charge in [-0.05, 0) is 30.4 Å². The Labute approximate surface area is 81.1 Å². The molecule has 1 atom stereocenters.